The van der Waals surface area contributed by atoms with E-state index >= 15 is 0 Å². The molecule has 6 amide bonds. The average molecular weight is 905 g/mol. The van der Waals surface area contributed by atoms with Crippen LogP contribution in [0.5, 0.6) is 6.01 Å². The topological polar surface area (TPSA) is 360 Å². The molecule has 0 radical (unpaired) electrons. The molecule has 0 bridgehead atoms. The molecule has 0 spiro atoms. The highest BCUT2D eigenvalue weighted by Crippen LogP contribution is 2.19. The van der Waals surface area contributed by atoms with Crippen LogP contribution in [0.25, 0.3) is 11.2 Å². The molecule has 0 saturated carbocycles. The van der Waals surface area contributed by atoms with E-state index in [1.54, 1.807) is 24.3 Å². The van der Waals surface area contributed by atoms with Gasteiger partial charge in [0.25, 0.3) is 5.91 Å². The van der Waals surface area contributed by atoms with Gasteiger partial charge in [-0.05, 0) is 37.0 Å². The molecule has 0 aliphatic heterocycles. The van der Waals surface area contributed by atoms with Crippen LogP contribution in [0.1, 0.15) is 41.6 Å². The first-order valence-corrected chi connectivity index (χ1v) is 20.6. The summed E-state index contributed by atoms with van der Waals surface area (Å²) in [5, 5.41) is 12.7. The number of aromatic nitrogens is 4. The van der Waals surface area contributed by atoms with Crippen LogP contribution in [-0.2, 0) is 54.2 Å². The number of primary amides is 1. The first kappa shape index (κ1) is 52.1. The molecule has 354 valence electrons. The zero-order valence-corrected chi connectivity index (χ0v) is 35.9. The summed E-state index contributed by atoms with van der Waals surface area (Å²) in [6, 6.07) is 5.87. The summed E-state index contributed by atoms with van der Waals surface area (Å²) >= 11 is 0. The summed E-state index contributed by atoms with van der Waals surface area (Å²) < 4.78 is 33.5. The maximum atomic E-state index is 12.8. The number of benzene rings is 1. The number of aromatic amines is 1. The molecule has 0 fully saturated rings. The third-order valence-electron chi connectivity index (χ3n) is 8.83. The van der Waals surface area contributed by atoms with Crippen LogP contribution in [0.3, 0.4) is 0 Å². The lowest BCUT2D eigenvalue weighted by Crippen LogP contribution is -2.44. The minimum atomic E-state index is -0.871. The van der Waals surface area contributed by atoms with Crippen molar-refractivity contribution in [3.63, 3.8) is 0 Å². The highest BCUT2D eigenvalue weighted by atomic mass is 16.6. The van der Waals surface area contributed by atoms with Gasteiger partial charge in [0.1, 0.15) is 18.2 Å². The minimum Gasteiger partial charge on any atom is -0.461 e. The Balaban J connectivity index is 1.18. The predicted molar refractivity (Wildman–Crippen MR) is 229 cm³/mol. The summed E-state index contributed by atoms with van der Waals surface area (Å²) in [7, 11) is 1.53. The van der Waals surface area contributed by atoms with Crippen LogP contribution in [0.15, 0.2) is 29.1 Å². The van der Waals surface area contributed by atoms with Gasteiger partial charge in [0.15, 0.2) is 11.5 Å². The van der Waals surface area contributed by atoms with Gasteiger partial charge in [0.05, 0.1) is 85.6 Å². The number of carbonyl (C=O) groups is 6. The molecule has 2 heterocycles. The summed E-state index contributed by atoms with van der Waals surface area (Å²) in [6.07, 6.45) is 1.35. The number of nitrogens with one attached hydrogen (secondary N) is 6. The second kappa shape index (κ2) is 29.9. The van der Waals surface area contributed by atoms with Crippen molar-refractivity contribution in [2.75, 3.05) is 112 Å². The Bertz CT molecular complexity index is 1990. The van der Waals surface area contributed by atoms with Gasteiger partial charge in [-0.3, -0.25) is 33.3 Å². The molecule has 0 aliphatic carbocycles. The Morgan fingerprint density at radius 3 is 2.00 bits per heavy atom. The summed E-state index contributed by atoms with van der Waals surface area (Å²) in [5.41, 5.74) is 17.9. The Labute approximate surface area is 368 Å². The largest absolute Gasteiger partial charge is 0.461 e. The lowest BCUT2D eigenvalue weighted by atomic mass is 10.1. The van der Waals surface area contributed by atoms with Crippen molar-refractivity contribution >= 4 is 52.4 Å². The molecule has 25 nitrogen and oxygen atoms in total. The van der Waals surface area contributed by atoms with Crippen molar-refractivity contribution in [2.24, 2.45) is 11.5 Å². The van der Waals surface area contributed by atoms with Crippen molar-refractivity contribution in [1.82, 2.24) is 46.1 Å². The van der Waals surface area contributed by atoms with E-state index in [1.165, 1.54) is 11.7 Å². The SMILES string of the molecule is COCCOc1nc(N)c2[nH]c(=O)n(Cc3ccc(C(=O)NCCCCC(NC(=O)CCOCCOCCOCCOCCNC(=O)CNC(=O)CNC(=O)CN)C(N)=O)cc3)c2n1. The smallest absolute Gasteiger partial charge is 0.328 e. The van der Waals surface area contributed by atoms with E-state index in [4.69, 9.17) is 45.6 Å². The monoisotopic (exact) mass is 904 g/mol. The summed E-state index contributed by atoms with van der Waals surface area (Å²) in [4.78, 5) is 95.2. The van der Waals surface area contributed by atoms with E-state index in [0.29, 0.717) is 64.4 Å². The highest BCUT2D eigenvalue weighted by Gasteiger charge is 2.18. The van der Waals surface area contributed by atoms with E-state index in [0.717, 1.165) is 5.56 Å². The minimum absolute atomic E-state index is 0.0120. The number of ether oxygens (including phenoxy) is 6. The standard InChI is InChI=1S/C39H60N12O13/c1-59-14-21-64-38-49-34(41)33-36(50-38)51(39(58)48-33)25-26-5-7-27(8-6-26)37(57)44-10-3-2-4-28(35(42)56)47-29(52)9-12-60-15-17-62-19-20-63-18-16-61-13-11-43-31(54)23-46-32(55)24-45-30(53)22-40/h5-8,28H,2-4,9-25,40H2,1H3,(H2,42,56)(H,43,54)(H,44,57)(H,45,53)(H,46,55)(H,47,52)(H,48,58)(H2,41,49,50). The summed E-state index contributed by atoms with van der Waals surface area (Å²) in [6.45, 7) is 2.65. The molecule has 0 aliphatic rings. The van der Waals surface area contributed by atoms with E-state index in [1.807, 2.05) is 0 Å². The van der Waals surface area contributed by atoms with Crippen molar-refractivity contribution in [3.8, 4) is 6.01 Å². The first-order chi connectivity index (χ1) is 30.9. The number of methoxy groups -OCH3 is 1. The van der Waals surface area contributed by atoms with Gasteiger partial charge in [-0.1, -0.05) is 12.1 Å². The molecule has 64 heavy (non-hydrogen) atoms. The fourth-order valence-corrected chi connectivity index (χ4v) is 5.48. The van der Waals surface area contributed by atoms with E-state index < -0.39 is 41.3 Å². The zero-order chi connectivity index (χ0) is 46.5. The molecule has 12 N–H and O–H groups in total. The Kier molecular flexibility index (Phi) is 24.4. The van der Waals surface area contributed by atoms with Gasteiger partial charge in [0.2, 0.25) is 29.5 Å². The molecular formula is C39H60N12O13. The Morgan fingerprint density at radius 2 is 1.36 bits per heavy atom. The number of nitrogens with two attached hydrogens (primary N) is 3. The van der Waals surface area contributed by atoms with Gasteiger partial charge in [-0.2, -0.15) is 9.97 Å². The molecule has 25 heteroatoms. The maximum Gasteiger partial charge on any atom is 0.328 e. The van der Waals surface area contributed by atoms with Gasteiger partial charge in [-0.15, -0.1) is 0 Å². The number of unbranched alkanes of at least 4 members (excludes halogenated alkanes) is 1. The van der Waals surface area contributed by atoms with E-state index in [9.17, 15) is 33.6 Å². The number of H-pyrrole nitrogens is 1. The Hall–Kier alpha value is -6.25. The van der Waals surface area contributed by atoms with Gasteiger partial charge in [0, 0.05) is 32.2 Å². The fraction of sp³-hybridized carbons (Fsp3) is 0.564. The van der Waals surface area contributed by atoms with Gasteiger partial charge >= 0.3 is 11.7 Å². The molecule has 1 unspecified atom stereocenters. The number of fused-ring (bicyclic) bond motifs is 1. The number of imidazole rings is 1. The number of rotatable bonds is 34. The van der Waals surface area contributed by atoms with Crippen LogP contribution in [-0.4, -0.2) is 167 Å². The highest BCUT2D eigenvalue weighted by molar-refractivity contribution is 5.94. The zero-order valence-electron chi connectivity index (χ0n) is 35.9. The first-order valence-electron chi connectivity index (χ1n) is 20.6. The number of carbonyl (C=O) groups excluding carboxylic acids is 6. The lowest BCUT2D eigenvalue weighted by Gasteiger charge is -2.15. The number of amides is 6. The molecular weight excluding hydrogens is 844 g/mol. The molecule has 3 rings (SSSR count). The van der Waals surface area contributed by atoms with Crippen LogP contribution in [0.2, 0.25) is 0 Å². The maximum absolute atomic E-state index is 12.8. The quantitative estimate of drug-likeness (QED) is 0.0262. The third kappa shape index (κ3) is 20.3. The van der Waals surface area contributed by atoms with E-state index in [-0.39, 0.29) is 101 Å². The number of nitrogens with zero attached hydrogens (tertiary/aromatic N) is 3. The van der Waals surface area contributed by atoms with Crippen LogP contribution in [0, 0.1) is 0 Å². The predicted octanol–water partition coefficient (Wildman–Crippen LogP) is -3.59. The molecule has 1 atom stereocenters. The number of hydrogen-bond donors (Lipinski definition) is 9. The van der Waals surface area contributed by atoms with Crippen LogP contribution >= 0.6 is 0 Å². The lowest BCUT2D eigenvalue weighted by molar-refractivity contribution is -0.128. The third-order valence-corrected chi connectivity index (χ3v) is 8.83. The molecule has 2 aromatic heterocycles. The average Bonchev–Trinajstić information content (AvgIpc) is 3.59. The normalized spacial score (nSPS) is 11.5. The number of nitrogen functional groups attached to an aromatic ring is 1. The van der Waals surface area contributed by atoms with Crippen molar-refractivity contribution in [3.05, 3.63) is 45.9 Å². The van der Waals surface area contributed by atoms with Crippen molar-refractivity contribution < 1.29 is 57.2 Å². The number of hydrogen-bond acceptors (Lipinski definition) is 17. The van der Waals surface area contributed by atoms with Gasteiger partial charge in [-0.25, -0.2) is 4.79 Å². The Morgan fingerprint density at radius 1 is 0.734 bits per heavy atom. The van der Waals surface area contributed by atoms with E-state index in [2.05, 4.69) is 41.5 Å². The van der Waals surface area contributed by atoms with Gasteiger partial charge < -0.3 is 77.2 Å². The fourth-order valence-electron chi connectivity index (χ4n) is 5.48. The van der Waals surface area contributed by atoms with Crippen molar-refractivity contribution in [1.29, 1.82) is 0 Å². The molecule has 1 aromatic carbocycles. The molecule has 0 saturated heterocycles. The summed E-state index contributed by atoms with van der Waals surface area (Å²) in [5.74, 6) is -2.69. The van der Waals surface area contributed by atoms with Crippen LogP contribution < -0.4 is 54.2 Å². The molecule has 3 aromatic rings. The van der Waals surface area contributed by atoms with Crippen LogP contribution in [0.4, 0.5) is 5.82 Å². The second-order valence-corrected chi connectivity index (χ2v) is 13.7. The second-order valence-electron chi connectivity index (χ2n) is 13.7. The van der Waals surface area contributed by atoms with Crippen molar-refractivity contribution in [2.45, 2.75) is 38.3 Å². The number of anilines is 1.